The van der Waals surface area contributed by atoms with Crippen LogP contribution in [0, 0.1) is 13.8 Å². The van der Waals surface area contributed by atoms with Gasteiger partial charge in [-0.2, -0.15) is 0 Å². The fourth-order valence-electron chi connectivity index (χ4n) is 1.91. The summed E-state index contributed by atoms with van der Waals surface area (Å²) < 4.78 is 11.5. The minimum absolute atomic E-state index is 0.306. The third kappa shape index (κ3) is 3.36. The zero-order valence-corrected chi connectivity index (χ0v) is 13.7. The second-order valence-electron chi connectivity index (χ2n) is 4.70. The molecule has 4 nitrogen and oxygen atoms in total. The Morgan fingerprint density at radius 2 is 1.86 bits per heavy atom. The monoisotopic (exact) mass is 349 g/mol. The highest BCUT2D eigenvalue weighted by molar-refractivity contribution is 9.10. The molecule has 0 radical (unpaired) electrons. The summed E-state index contributed by atoms with van der Waals surface area (Å²) in [5, 5.41) is 0. The first kappa shape index (κ1) is 15.4. The van der Waals surface area contributed by atoms with E-state index in [-0.39, 0.29) is 0 Å². The molecule has 0 aliphatic heterocycles. The van der Waals surface area contributed by atoms with Gasteiger partial charge in [0.25, 0.3) is 0 Å². The number of anilines is 1. The Balaban J connectivity index is 2.43. The van der Waals surface area contributed by atoms with Gasteiger partial charge in [0.15, 0.2) is 0 Å². The van der Waals surface area contributed by atoms with Crippen LogP contribution in [0.15, 0.2) is 34.8 Å². The van der Waals surface area contributed by atoms with Gasteiger partial charge < -0.3 is 15.2 Å². The summed E-state index contributed by atoms with van der Waals surface area (Å²) in [5.74, 6) is 0.777. The lowest BCUT2D eigenvalue weighted by Crippen LogP contribution is -2.07. The molecule has 0 spiro atoms. The first-order valence-corrected chi connectivity index (χ1v) is 7.14. The highest BCUT2D eigenvalue weighted by atomic mass is 79.9. The smallest absolute Gasteiger partial charge is 0.340 e. The molecule has 0 unspecified atom stereocenters. The quantitative estimate of drug-likeness (QED) is 0.665. The van der Waals surface area contributed by atoms with Crippen molar-refractivity contribution in [2.45, 2.75) is 13.8 Å². The van der Waals surface area contributed by atoms with E-state index < -0.39 is 5.97 Å². The standard InChI is InChI=1S/C16H16BrNO3/c1-9-4-5-11(17)7-14(9)21-12-6-10(2)15(18)13(8-12)16(19)20-3/h4-8H,18H2,1-3H3. The SMILES string of the molecule is COC(=O)c1cc(Oc2cc(Br)ccc2C)cc(C)c1N. The number of rotatable bonds is 3. The predicted molar refractivity (Wildman–Crippen MR) is 85.9 cm³/mol. The van der Waals surface area contributed by atoms with Crippen LogP contribution < -0.4 is 10.5 Å². The van der Waals surface area contributed by atoms with Gasteiger partial charge in [-0.15, -0.1) is 0 Å². The largest absolute Gasteiger partial charge is 0.465 e. The molecular weight excluding hydrogens is 334 g/mol. The predicted octanol–water partition coefficient (Wildman–Crippen LogP) is 4.23. The maximum absolute atomic E-state index is 11.7. The van der Waals surface area contributed by atoms with Gasteiger partial charge in [0.1, 0.15) is 11.5 Å². The number of halogens is 1. The third-order valence-electron chi connectivity index (χ3n) is 3.14. The molecule has 0 saturated heterocycles. The molecule has 21 heavy (non-hydrogen) atoms. The number of hydrogen-bond acceptors (Lipinski definition) is 4. The Morgan fingerprint density at radius 3 is 2.52 bits per heavy atom. The van der Waals surface area contributed by atoms with E-state index in [9.17, 15) is 4.79 Å². The lowest BCUT2D eigenvalue weighted by atomic mass is 10.1. The van der Waals surface area contributed by atoms with E-state index in [0.29, 0.717) is 22.7 Å². The molecule has 2 rings (SSSR count). The van der Waals surface area contributed by atoms with E-state index >= 15 is 0 Å². The van der Waals surface area contributed by atoms with Crippen molar-refractivity contribution in [3.8, 4) is 11.5 Å². The topological polar surface area (TPSA) is 61.5 Å². The average Bonchev–Trinajstić information content (AvgIpc) is 2.45. The number of ether oxygens (including phenoxy) is 2. The normalized spacial score (nSPS) is 10.3. The Kier molecular flexibility index (Phi) is 4.53. The van der Waals surface area contributed by atoms with E-state index in [1.165, 1.54) is 7.11 Å². The first-order valence-electron chi connectivity index (χ1n) is 6.35. The van der Waals surface area contributed by atoms with Crippen LogP contribution in [0.5, 0.6) is 11.5 Å². The Bertz CT molecular complexity index is 698. The van der Waals surface area contributed by atoms with E-state index in [2.05, 4.69) is 15.9 Å². The molecule has 0 aliphatic rings. The number of nitrogens with two attached hydrogens (primary N) is 1. The number of benzene rings is 2. The molecule has 0 amide bonds. The fourth-order valence-corrected chi connectivity index (χ4v) is 2.25. The molecule has 0 aromatic heterocycles. The Hall–Kier alpha value is -2.01. The lowest BCUT2D eigenvalue weighted by Gasteiger charge is -2.13. The number of aryl methyl sites for hydroxylation is 2. The highest BCUT2D eigenvalue weighted by Crippen LogP contribution is 2.31. The van der Waals surface area contributed by atoms with Crippen molar-refractivity contribution in [3.05, 3.63) is 51.5 Å². The fraction of sp³-hybridized carbons (Fsp3) is 0.188. The minimum Gasteiger partial charge on any atom is -0.465 e. The van der Waals surface area contributed by atoms with Gasteiger partial charge in [-0.25, -0.2) is 4.79 Å². The average molecular weight is 350 g/mol. The summed E-state index contributed by atoms with van der Waals surface area (Å²) in [6, 6.07) is 9.15. The van der Waals surface area contributed by atoms with E-state index in [1.54, 1.807) is 12.1 Å². The lowest BCUT2D eigenvalue weighted by molar-refractivity contribution is 0.0601. The molecule has 2 aromatic rings. The molecule has 2 aromatic carbocycles. The van der Waals surface area contributed by atoms with Gasteiger partial charge >= 0.3 is 5.97 Å². The van der Waals surface area contributed by atoms with Crippen molar-refractivity contribution >= 4 is 27.6 Å². The van der Waals surface area contributed by atoms with E-state index in [1.807, 2.05) is 32.0 Å². The van der Waals surface area contributed by atoms with Crippen molar-refractivity contribution in [2.24, 2.45) is 0 Å². The van der Waals surface area contributed by atoms with Gasteiger partial charge in [0.2, 0.25) is 0 Å². The number of nitrogen functional groups attached to an aromatic ring is 1. The Morgan fingerprint density at radius 1 is 1.14 bits per heavy atom. The summed E-state index contributed by atoms with van der Waals surface area (Å²) in [6.45, 7) is 3.77. The highest BCUT2D eigenvalue weighted by Gasteiger charge is 2.15. The molecular formula is C16H16BrNO3. The van der Waals surface area contributed by atoms with Gasteiger partial charge in [-0.1, -0.05) is 22.0 Å². The van der Waals surface area contributed by atoms with Crippen LogP contribution in [0.4, 0.5) is 5.69 Å². The molecule has 0 fully saturated rings. The number of carbonyl (C=O) groups is 1. The van der Waals surface area contributed by atoms with Crippen molar-refractivity contribution in [2.75, 3.05) is 12.8 Å². The van der Waals surface area contributed by atoms with Crippen molar-refractivity contribution in [1.82, 2.24) is 0 Å². The molecule has 0 bridgehead atoms. The van der Waals surface area contributed by atoms with Crippen LogP contribution in [-0.2, 0) is 4.74 Å². The maximum atomic E-state index is 11.7. The summed E-state index contributed by atoms with van der Waals surface area (Å²) in [4.78, 5) is 11.7. The van der Waals surface area contributed by atoms with E-state index in [4.69, 9.17) is 15.2 Å². The number of methoxy groups -OCH3 is 1. The van der Waals surface area contributed by atoms with Gasteiger partial charge in [0, 0.05) is 10.2 Å². The molecule has 0 aliphatic carbocycles. The van der Waals surface area contributed by atoms with E-state index in [0.717, 1.165) is 15.6 Å². The first-order chi connectivity index (χ1) is 9.92. The van der Waals surface area contributed by atoms with Crippen LogP contribution in [0.25, 0.3) is 0 Å². The maximum Gasteiger partial charge on any atom is 0.340 e. The van der Waals surface area contributed by atoms with Crippen LogP contribution in [0.2, 0.25) is 0 Å². The molecule has 110 valence electrons. The molecule has 0 atom stereocenters. The van der Waals surface area contributed by atoms with Crippen LogP contribution in [0.1, 0.15) is 21.5 Å². The third-order valence-corrected chi connectivity index (χ3v) is 3.64. The number of esters is 1. The summed E-state index contributed by atoms with van der Waals surface area (Å²) in [6.07, 6.45) is 0. The number of carbonyl (C=O) groups excluding carboxylic acids is 1. The van der Waals surface area contributed by atoms with Crippen LogP contribution in [-0.4, -0.2) is 13.1 Å². The summed E-state index contributed by atoms with van der Waals surface area (Å²) in [5.41, 5.74) is 8.38. The zero-order valence-electron chi connectivity index (χ0n) is 12.1. The molecule has 0 heterocycles. The second-order valence-corrected chi connectivity index (χ2v) is 5.62. The molecule has 5 heteroatoms. The van der Waals surface area contributed by atoms with Crippen LogP contribution >= 0.6 is 15.9 Å². The molecule has 0 saturated carbocycles. The van der Waals surface area contributed by atoms with Crippen molar-refractivity contribution in [1.29, 1.82) is 0 Å². The van der Waals surface area contributed by atoms with Crippen molar-refractivity contribution in [3.63, 3.8) is 0 Å². The minimum atomic E-state index is -0.480. The van der Waals surface area contributed by atoms with Crippen molar-refractivity contribution < 1.29 is 14.3 Å². The van der Waals surface area contributed by atoms with Gasteiger partial charge in [0.05, 0.1) is 12.7 Å². The molecule has 2 N–H and O–H groups in total. The van der Waals surface area contributed by atoms with Gasteiger partial charge in [-0.3, -0.25) is 0 Å². The Labute approximate surface area is 132 Å². The zero-order chi connectivity index (χ0) is 15.6. The van der Waals surface area contributed by atoms with Gasteiger partial charge in [-0.05, 0) is 49.2 Å². The number of hydrogen-bond donors (Lipinski definition) is 1. The summed E-state index contributed by atoms with van der Waals surface area (Å²) >= 11 is 3.41. The van der Waals surface area contributed by atoms with Crippen LogP contribution in [0.3, 0.4) is 0 Å². The second kappa shape index (κ2) is 6.18. The summed E-state index contributed by atoms with van der Waals surface area (Å²) in [7, 11) is 1.32.